The maximum Gasteiger partial charge on any atom is 0.0329 e. The molecule has 56 valence electrons. The molecular weight excluding hydrogens is 124 g/mol. The monoisotopic (exact) mass is 138 g/mol. The van der Waals surface area contributed by atoms with Crippen molar-refractivity contribution in [2.75, 3.05) is 7.05 Å². The maximum absolute atomic E-state index is 3.99. The molecule has 0 spiro atoms. The lowest BCUT2D eigenvalue weighted by Crippen LogP contribution is -1.80. The molecular formula is C8H14N2. The Morgan fingerprint density at radius 3 is 2.70 bits per heavy atom. The molecule has 0 bridgehead atoms. The van der Waals surface area contributed by atoms with E-state index >= 15 is 0 Å². The zero-order valence-electron chi connectivity index (χ0n) is 6.83. The van der Waals surface area contributed by atoms with E-state index in [9.17, 15) is 0 Å². The first-order valence-electron chi connectivity index (χ1n) is 3.42. The number of nitrogens with zero attached hydrogens (tertiary/aromatic N) is 2. The minimum absolute atomic E-state index is 0.979. The Morgan fingerprint density at radius 1 is 1.50 bits per heavy atom. The van der Waals surface area contributed by atoms with Crippen molar-refractivity contribution in [3.63, 3.8) is 0 Å². The van der Waals surface area contributed by atoms with Crippen LogP contribution < -0.4 is 0 Å². The van der Waals surface area contributed by atoms with E-state index in [0.29, 0.717) is 0 Å². The summed E-state index contributed by atoms with van der Waals surface area (Å²) in [5, 5.41) is 0. The molecule has 0 N–H and O–H groups in total. The summed E-state index contributed by atoms with van der Waals surface area (Å²) in [6, 6.07) is 0. The molecule has 0 aliphatic carbocycles. The van der Waals surface area contributed by atoms with E-state index in [2.05, 4.69) is 16.9 Å². The average Bonchev–Trinajstić information content (AvgIpc) is 1.98. The maximum atomic E-state index is 3.99. The highest BCUT2D eigenvalue weighted by Crippen LogP contribution is 1.80. The summed E-state index contributed by atoms with van der Waals surface area (Å²) in [6.45, 7) is 4.00. The molecule has 0 fully saturated rings. The van der Waals surface area contributed by atoms with Crippen molar-refractivity contribution < 1.29 is 0 Å². The minimum Gasteiger partial charge on any atom is -0.293 e. The molecule has 0 aromatic carbocycles. The van der Waals surface area contributed by atoms with Gasteiger partial charge in [-0.25, -0.2) is 0 Å². The standard InChI is InChI=1S/C8H14N2/c1-4-6-10-7-5-8(2)9-3/h5-7H,4H2,1-3H3/b7-5-,9-8?,10-6?. The van der Waals surface area contributed by atoms with Gasteiger partial charge in [-0.15, -0.1) is 0 Å². The molecule has 0 heterocycles. The van der Waals surface area contributed by atoms with Crippen LogP contribution in [0.1, 0.15) is 20.3 Å². The molecule has 0 unspecified atom stereocenters. The van der Waals surface area contributed by atoms with Gasteiger partial charge >= 0.3 is 0 Å². The third-order valence-electron chi connectivity index (χ3n) is 1.04. The van der Waals surface area contributed by atoms with Crippen LogP contribution >= 0.6 is 0 Å². The van der Waals surface area contributed by atoms with Crippen molar-refractivity contribution in [3.05, 3.63) is 12.3 Å². The normalized spacial score (nSPS) is 13.7. The van der Waals surface area contributed by atoms with Crippen LogP contribution in [0.5, 0.6) is 0 Å². The second-order valence-corrected chi connectivity index (χ2v) is 1.92. The van der Waals surface area contributed by atoms with E-state index in [1.165, 1.54) is 0 Å². The van der Waals surface area contributed by atoms with Crippen molar-refractivity contribution in [1.82, 2.24) is 0 Å². The molecule has 2 nitrogen and oxygen atoms in total. The summed E-state index contributed by atoms with van der Waals surface area (Å²) < 4.78 is 0. The van der Waals surface area contributed by atoms with Gasteiger partial charge in [0, 0.05) is 25.2 Å². The Labute approximate surface area is 62.4 Å². The first kappa shape index (κ1) is 9.08. The van der Waals surface area contributed by atoms with Gasteiger partial charge in [-0.3, -0.25) is 9.98 Å². The summed E-state index contributed by atoms with van der Waals surface area (Å²) in [4.78, 5) is 7.93. The highest BCUT2D eigenvalue weighted by Gasteiger charge is 1.74. The molecule has 0 radical (unpaired) electrons. The van der Waals surface area contributed by atoms with E-state index in [-0.39, 0.29) is 0 Å². The highest BCUT2D eigenvalue weighted by atomic mass is 14.7. The van der Waals surface area contributed by atoms with Gasteiger partial charge in [-0.2, -0.15) is 0 Å². The van der Waals surface area contributed by atoms with Gasteiger partial charge < -0.3 is 0 Å². The Hall–Kier alpha value is -0.920. The first-order valence-corrected chi connectivity index (χ1v) is 3.42. The predicted molar refractivity (Wildman–Crippen MR) is 47.0 cm³/mol. The van der Waals surface area contributed by atoms with E-state index in [1.54, 1.807) is 13.2 Å². The van der Waals surface area contributed by atoms with Crippen LogP contribution in [-0.2, 0) is 0 Å². The zero-order chi connectivity index (χ0) is 7.82. The van der Waals surface area contributed by atoms with Gasteiger partial charge in [-0.05, 0) is 19.4 Å². The van der Waals surface area contributed by atoms with Crippen LogP contribution in [0, 0.1) is 0 Å². The molecule has 0 saturated heterocycles. The summed E-state index contributed by atoms with van der Waals surface area (Å²) >= 11 is 0. The molecule has 0 atom stereocenters. The SMILES string of the molecule is CCC=N/C=C\C(C)=NC. The van der Waals surface area contributed by atoms with Crippen LogP contribution in [0.3, 0.4) is 0 Å². The van der Waals surface area contributed by atoms with Gasteiger partial charge in [0.2, 0.25) is 0 Å². The molecule has 0 aliphatic rings. The topological polar surface area (TPSA) is 24.7 Å². The number of rotatable bonds is 3. The summed E-state index contributed by atoms with van der Waals surface area (Å²) in [5.74, 6) is 0. The fourth-order valence-corrected chi connectivity index (χ4v) is 0.392. The minimum atomic E-state index is 0.979. The average molecular weight is 138 g/mol. The Bertz CT molecular complexity index is 155. The van der Waals surface area contributed by atoms with Crippen LogP contribution in [0.4, 0.5) is 0 Å². The lowest BCUT2D eigenvalue weighted by Gasteiger charge is -1.82. The van der Waals surface area contributed by atoms with Crippen molar-refractivity contribution >= 4 is 11.9 Å². The van der Waals surface area contributed by atoms with E-state index in [1.807, 2.05) is 19.2 Å². The number of hydrogen-bond acceptors (Lipinski definition) is 2. The summed E-state index contributed by atoms with van der Waals surface area (Å²) in [5.41, 5.74) is 0.994. The molecule has 0 amide bonds. The van der Waals surface area contributed by atoms with Crippen LogP contribution in [0.25, 0.3) is 0 Å². The van der Waals surface area contributed by atoms with E-state index in [0.717, 1.165) is 12.1 Å². The van der Waals surface area contributed by atoms with Gasteiger partial charge in [0.25, 0.3) is 0 Å². The van der Waals surface area contributed by atoms with E-state index < -0.39 is 0 Å². The molecule has 0 saturated carbocycles. The third-order valence-corrected chi connectivity index (χ3v) is 1.04. The lowest BCUT2D eigenvalue weighted by molar-refractivity contribution is 1.31. The highest BCUT2D eigenvalue weighted by molar-refractivity contribution is 5.92. The molecule has 10 heavy (non-hydrogen) atoms. The molecule has 0 rings (SSSR count). The number of hydrogen-bond donors (Lipinski definition) is 0. The second kappa shape index (κ2) is 6.20. The van der Waals surface area contributed by atoms with Crippen molar-refractivity contribution in [1.29, 1.82) is 0 Å². The smallest absolute Gasteiger partial charge is 0.0329 e. The Morgan fingerprint density at radius 2 is 2.20 bits per heavy atom. The fourth-order valence-electron chi connectivity index (χ4n) is 0.392. The second-order valence-electron chi connectivity index (χ2n) is 1.92. The summed E-state index contributed by atoms with van der Waals surface area (Å²) in [6.07, 6.45) is 6.48. The molecule has 2 heteroatoms. The van der Waals surface area contributed by atoms with Crippen molar-refractivity contribution in [2.24, 2.45) is 9.98 Å². The summed E-state index contributed by atoms with van der Waals surface area (Å²) in [7, 11) is 1.77. The quantitative estimate of drug-likeness (QED) is 0.533. The third kappa shape index (κ3) is 5.22. The number of allylic oxidation sites excluding steroid dienone is 1. The van der Waals surface area contributed by atoms with Crippen LogP contribution in [-0.4, -0.2) is 19.0 Å². The number of aliphatic imine (C=N–C) groups is 2. The molecule has 0 aromatic rings. The van der Waals surface area contributed by atoms with Crippen LogP contribution in [0.15, 0.2) is 22.3 Å². The Kier molecular flexibility index (Phi) is 5.63. The largest absolute Gasteiger partial charge is 0.293 e. The Balaban J connectivity index is 3.66. The lowest BCUT2D eigenvalue weighted by atomic mass is 10.4. The zero-order valence-corrected chi connectivity index (χ0v) is 6.83. The predicted octanol–water partition coefficient (Wildman–Crippen LogP) is 2.07. The van der Waals surface area contributed by atoms with Crippen molar-refractivity contribution in [2.45, 2.75) is 20.3 Å². The fraction of sp³-hybridized carbons (Fsp3) is 0.500. The van der Waals surface area contributed by atoms with E-state index in [4.69, 9.17) is 0 Å². The van der Waals surface area contributed by atoms with Crippen molar-refractivity contribution in [3.8, 4) is 0 Å². The van der Waals surface area contributed by atoms with Gasteiger partial charge in [-0.1, -0.05) is 6.92 Å². The van der Waals surface area contributed by atoms with Gasteiger partial charge in [0.15, 0.2) is 0 Å². The first-order chi connectivity index (χ1) is 4.81. The van der Waals surface area contributed by atoms with Gasteiger partial charge in [0.05, 0.1) is 0 Å². The van der Waals surface area contributed by atoms with Gasteiger partial charge in [0.1, 0.15) is 0 Å². The molecule has 0 aliphatic heterocycles. The molecule has 0 aromatic heterocycles. The van der Waals surface area contributed by atoms with Crippen LogP contribution in [0.2, 0.25) is 0 Å².